The van der Waals surface area contributed by atoms with E-state index in [0.29, 0.717) is 13.1 Å². The minimum atomic E-state index is -3.63. The van der Waals surface area contributed by atoms with Gasteiger partial charge in [0.15, 0.2) is 0 Å². The fourth-order valence-electron chi connectivity index (χ4n) is 1.80. The number of halogens is 2. The van der Waals surface area contributed by atoms with Crippen molar-refractivity contribution in [3.63, 3.8) is 0 Å². The Hall–Kier alpha value is -0.500. The minimum Gasteiger partial charge on any atom is -0.309 e. The van der Waals surface area contributed by atoms with Crippen molar-refractivity contribution in [1.29, 1.82) is 0 Å². The number of hydrogen-bond acceptors (Lipinski definition) is 3. The van der Waals surface area contributed by atoms with Gasteiger partial charge in [-0.3, -0.25) is 0 Å². The monoisotopic (exact) mass is 366 g/mol. The molecule has 0 fully saturated rings. The maximum Gasteiger partial charge on any atom is 0.243 e. The molecule has 0 saturated heterocycles. The van der Waals surface area contributed by atoms with E-state index in [9.17, 15) is 12.8 Å². The van der Waals surface area contributed by atoms with E-state index in [1.807, 2.05) is 19.0 Å². The van der Waals surface area contributed by atoms with Gasteiger partial charge in [0.1, 0.15) is 5.82 Å². The van der Waals surface area contributed by atoms with Gasteiger partial charge >= 0.3 is 0 Å². The fraction of sp³-hybridized carbons (Fsp3) is 0.538. The molecular weight excluding hydrogens is 347 g/mol. The number of rotatable bonds is 7. The molecular formula is C13H20BrFN2O2S. The molecule has 0 aliphatic rings. The molecule has 0 atom stereocenters. The van der Waals surface area contributed by atoms with Crippen LogP contribution in [0.1, 0.15) is 13.3 Å². The zero-order valence-corrected chi connectivity index (χ0v) is 14.3. The second-order valence-corrected chi connectivity index (χ2v) is 7.52. The highest BCUT2D eigenvalue weighted by molar-refractivity contribution is 9.10. The highest BCUT2D eigenvalue weighted by atomic mass is 79.9. The summed E-state index contributed by atoms with van der Waals surface area (Å²) in [7, 11) is 0.244. The van der Waals surface area contributed by atoms with Crippen LogP contribution in [0.15, 0.2) is 27.6 Å². The molecule has 20 heavy (non-hydrogen) atoms. The molecule has 0 heterocycles. The lowest BCUT2D eigenvalue weighted by molar-refractivity contribution is 0.356. The third-order valence-corrected chi connectivity index (χ3v) is 5.51. The van der Waals surface area contributed by atoms with Crippen molar-refractivity contribution in [3.8, 4) is 0 Å². The first kappa shape index (κ1) is 17.6. The molecule has 0 aromatic heterocycles. The minimum absolute atomic E-state index is 0.00935. The van der Waals surface area contributed by atoms with Crippen LogP contribution in [0.4, 0.5) is 4.39 Å². The van der Waals surface area contributed by atoms with Crippen molar-refractivity contribution in [3.05, 3.63) is 28.5 Å². The van der Waals surface area contributed by atoms with Gasteiger partial charge in [0.2, 0.25) is 10.0 Å². The molecule has 0 bridgehead atoms. The van der Waals surface area contributed by atoms with Gasteiger partial charge in [-0.1, -0.05) is 6.92 Å². The fourth-order valence-corrected chi connectivity index (χ4v) is 3.54. The van der Waals surface area contributed by atoms with Crippen LogP contribution in [-0.4, -0.2) is 51.4 Å². The Morgan fingerprint density at radius 3 is 2.40 bits per heavy atom. The Kier molecular flexibility index (Phi) is 6.57. The van der Waals surface area contributed by atoms with Crippen molar-refractivity contribution in [2.45, 2.75) is 18.2 Å². The second kappa shape index (κ2) is 7.49. The van der Waals surface area contributed by atoms with Crippen LogP contribution < -0.4 is 0 Å². The zero-order chi connectivity index (χ0) is 15.3. The second-order valence-electron chi connectivity index (χ2n) is 4.73. The summed E-state index contributed by atoms with van der Waals surface area (Å²) in [5.74, 6) is -0.574. The molecule has 0 radical (unpaired) electrons. The summed E-state index contributed by atoms with van der Waals surface area (Å²) in [6.45, 7) is 3.38. The first-order valence-electron chi connectivity index (χ1n) is 6.39. The van der Waals surface area contributed by atoms with Crippen LogP contribution in [0.25, 0.3) is 0 Å². The first-order valence-corrected chi connectivity index (χ1v) is 8.62. The summed E-state index contributed by atoms with van der Waals surface area (Å²) in [6.07, 6.45) is 0.735. The molecule has 1 aromatic rings. The van der Waals surface area contributed by atoms with E-state index < -0.39 is 15.8 Å². The quantitative estimate of drug-likeness (QED) is 0.744. The van der Waals surface area contributed by atoms with Crippen molar-refractivity contribution in [2.24, 2.45) is 0 Å². The number of sulfonamides is 1. The van der Waals surface area contributed by atoms with Crippen molar-refractivity contribution >= 4 is 26.0 Å². The zero-order valence-electron chi connectivity index (χ0n) is 11.9. The predicted molar refractivity (Wildman–Crippen MR) is 81.7 cm³/mol. The Bertz CT molecular complexity index is 549. The normalized spacial score (nSPS) is 12.3. The summed E-state index contributed by atoms with van der Waals surface area (Å²) in [5, 5.41) is 0. The van der Waals surface area contributed by atoms with Crippen LogP contribution in [-0.2, 0) is 10.0 Å². The van der Waals surface area contributed by atoms with Gasteiger partial charge in [-0.15, -0.1) is 0 Å². The molecule has 0 spiro atoms. The summed E-state index contributed by atoms with van der Waals surface area (Å²) in [4.78, 5) is 1.99. The first-order chi connectivity index (χ1) is 9.28. The van der Waals surface area contributed by atoms with E-state index in [1.54, 1.807) is 6.92 Å². The lowest BCUT2D eigenvalue weighted by Gasteiger charge is -2.21. The number of hydrogen-bond donors (Lipinski definition) is 0. The standard InChI is InChI=1S/C13H20BrFN2O2S/c1-4-17(9-5-8-16(2)3)20(18,19)11-6-7-12(14)13(15)10-11/h6-7,10H,4-5,8-9H2,1-3H3. The lowest BCUT2D eigenvalue weighted by Crippen LogP contribution is -2.33. The van der Waals surface area contributed by atoms with Gasteiger partial charge in [-0.25, -0.2) is 12.8 Å². The van der Waals surface area contributed by atoms with Gasteiger partial charge < -0.3 is 4.90 Å². The summed E-state index contributed by atoms with van der Waals surface area (Å²) in [6, 6.07) is 3.88. The molecule has 0 aliphatic carbocycles. The molecule has 7 heteroatoms. The Labute approximate surface area is 128 Å². The lowest BCUT2D eigenvalue weighted by atomic mass is 10.3. The van der Waals surface area contributed by atoms with Gasteiger partial charge in [0, 0.05) is 13.1 Å². The van der Waals surface area contributed by atoms with Gasteiger partial charge in [-0.2, -0.15) is 4.31 Å². The van der Waals surface area contributed by atoms with Crippen LogP contribution in [0, 0.1) is 5.82 Å². The summed E-state index contributed by atoms with van der Waals surface area (Å²) in [5.41, 5.74) is 0. The maximum absolute atomic E-state index is 13.5. The van der Waals surface area contributed by atoms with E-state index in [1.165, 1.54) is 16.4 Å². The third kappa shape index (κ3) is 4.51. The van der Waals surface area contributed by atoms with Gasteiger partial charge in [0.25, 0.3) is 0 Å². The molecule has 0 unspecified atom stereocenters. The molecule has 0 aliphatic heterocycles. The maximum atomic E-state index is 13.5. The third-order valence-electron chi connectivity index (χ3n) is 2.89. The van der Waals surface area contributed by atoms with E-state index in [2.05, 4.69) is 15.9 Å². The molecule has 0 N–H and O–H groups in total. The topological polar surface area (TPSA) is 40.6 Å². The molecule has 1 aromatic carbocycles. The van der Waals surface area contributed by atoms with Crippen LogP contribution in [0.3, 0.4) is 0 Å². The summed E-state index contributed by atoms with van der Waals surface area (Å²) >= 11 is 3.02. The predicted octanol–water partition coefficient (Wildman–Crippen LogP) is 2.55. The van der Waals surface area contributed by atoms with Gasteiger partial charge in [-0.05, 0) is 61.2 Å². The highest BCUT2D eigenvalue weighted by Crippen LogP contribution is 2.22. The number of nitrogens with zero attached hydrogens (tertiary/aromatic N) is 2. The van der Waals surface area contributed by atoms with E-state index in [-0.39, 0.29) is 9.37 Å². The Morgan fingerprint density at radius 1 is 1.25 bits per heavy atom. The average molecular weight is 367 g/mol. The Morgan fingerprint density at radius 2 is 1.90 bits per heavy atom. The van der Waals surface area contributed by atoms with E-state index in [4.69, 9.17) is 0 Å². The molecule has 4 nitrogen and oxygen atoms in total. The van der Waals surface area contributed by atoms with Crippen molar-refractivity contribution < 1.29 is 12.8 Å². The van der Waals surface area contributed by atoms with E-state index in [0.717, 1.165) is 19.0 Å². The number of benzene rings is 1. The molecule has 114 valence electrons. The van der Waals surface area contributed by atoms with E-state index >= 15 is 0 Å². The largest absolute Gasteiger partial charge is 0.309 e. The smallest absolute Gasteiger partial charge is 0.243 e. The summed E-state index contributed by atoms with van der Waals surface area (Å²) < 4.78 is 40.0. The Balaban J connectivity index is 2.91. The van der Waals surface area contributed by atoms with Crippen LogP contribution in [0.5, 0.6) is 0 Å². The average Bonchev–Trinajstić information content (AvgIpc) is 2.37. The van der Waals surface area contributed by atoms with Gasteiger partial charge in [0.05, 0.1) is 9.37 Å². The van der Waals surface area contributed by atoms with Crippen molar-refractivity contribution in [1.82, 2.24) is 9.21 Å². The SMILES string of the molecule is CCN(CCCN(C)C)S(=O)(=O)c1ccc(Br)c(F)c1. The van der Waals surface area contributed by atoms with Crippen LogP contribution >= 0.6 is 15.9 Å². The molecule has 0 amide bonds. The van der Waals surface area contributed by atoms with Crippen molar-refractivity contribution in [2.75, 3.05) is 33.7 Å². The molecule has 1 rings (SSSR count). The van der Waals surface area contributed by atoms with Crippen LogP contribution in [0.2, 0.25) is 0 Å². The molecule has 0 saturated carbocycles. The highest BCUT2D eigenvalue weighted by Gasteiger charge is 2.23.